The van der Waals surface area contributed by atoms with E-state index in [1.165, 1.54) is 0 Å². The molecule has 2 aromatic rings. The van der Waals surface area contributed by atoms with Crippen LogP contribution in [0.5, 0.6) is 0 Å². The van der Waals surface area contributed by atoms with Crippen molar-refractivity contribution < 1.29 is 8.42 Å². The number of hydrogen-bond acceptors (Lipinski definition) is 4. The average Bonchev–Trinajstić information content (AvgIpc) is 2.81. The number of nitrogens with one attached hydrogen (secondary N) is 1. The zero-order valence-corrected chi connectivity index (χ0v) is 13.7. The van der Waals surface area contributed by atoms with Crippen LogP contribution in [0.4, 0.5) is 0 Å². The van der Waals surface area contributed by atoms with E-state index in [0.717, 1.165) is 16.6 Å². The molecule has 0 aliphatic rings. The SMILES string of the molecule is CCS(=O)(=O)CCn1nc(CNC(C)C)c2ccccc21. The van der Waals surface area contributed by atoms with Crippen LogP contribution in [0.1, 0.15) is 26.5 Å². The van der Waals surface area contributed by atoms with E-state index in [1.54, 1.807) is 11.6 Å². The lowest BCUT2D eigenvalue weighted by Gasteiger charge is -2.05. The summed E-state index contributed by atoms with van der Waals surface area (Å²) in [7, 11) is -2.98. The number of nitrogens with zero attached hydrogens (tertiary/aromatic N) is 2. The first-order chi connectivity index (χ1) is 9.93. The van der Waals surface area contributed by atoms with E-state index >= 15 is 0 Å². The van der Waals surface area contributed by atoms with E-state index in [-0.39, 0.29) is 11.5 Å². The largest absolute Gasteiger partial charge is 0.309 e. The van der Waals surface area contributed by atoms with Gasteiger partial charge in [-0.3, -0.25) is 4.68 Å². The maximum absolute atomic E-state index is 11.7. The summed E-state index contributed by atoms with van der Waals surface area (Å²) in [5, 5.41) is 9.03. The Labute approximate surface area is 126 Å². The minimum atomic E-state index is -2.98. The summed E-state index contributed by atoms with van der Waals surface area (Å²) in [5.74, 6) is 0.306. The molecule has 0 saturated carbocycles. The predicted molar refractivity (Wildman–Crippen MR) is 86.0 cm³/mol. The number of aromatic nitrogens is 2. The quantitative estimate of drug-likeness (QED) is 0.849. The molecule has 1 heterocycles. The van der Waals surface area contributed by atoms with Gasteiger partial charge in [0.1, 0.15) is 0 Å². The molecule has 0 radical (unpaired) electrons. The highest BCUT2D eigenvalue weighted by Crippen LogP contribution is 2.18. The fourth-order valence-corrected chi connectivity index (χ4v) is 2.91. The van der Waals surface area contributed by atoms with E-state index in [0.29, 0.717) is 19.1 Å². The summed E-state index contributed by atoms with van der Waals surface area (Å²) in [4.78, 5) is 0. The number of para-hydroxylation sites is 1. The van der Waals surface area contributed by atoms with Crippen LogP contribution in [0.2, 0.25) is 0 Å². The number of sulfone groups is 1. The van der Waals surface area contributed by atoms with Gasteiger partial charge in [-0.1, -0.05) is 39.0 Å². The molecule has 0 saturated heterocycles. The van der Waals surface area contributed by atoms with Crippen LogP contribution in [0.3, 0.4) is 0 Å². The zero-order valence-electron chi connectivity index (χ0n) is 12.8. The maximum Gasteiger partial charge on any atom is 0.151 e. The molecular formula is C15H23N3O2S. The second-order valence-electron chi connectivity index (χ2n) is 5.46. The topological polar surface area (TPSA) is 64.0 Å². The lowest BCUT2D eigenvalue weighted by Crippen LogP contribution is -2.22. The van der Waals surface area contributed by atoms with Crippen molar-refractivity contribution in [2.75, 3.05) is 11.5 Å². The summed E-state index contributed by atoms with van der Waals surface area (Å²) in [5.41, 5.74) is 1.96. The van der Waals surface area contributed by atoms with Gasteiger partial charge in [0.15, 0.2) is 9.84 Å². The van der Waals surface area contributed by atoms with Crippen LogP contribution in [0, 0.1) is 0 Å². The minimum Gasteiger partial charge on any atom is -0.309 e. The molecule has 6 heteroatoms. The summed E-state index contributed by atoms with van der Waals surface area (Å²) in [6.45, 7) is 6.94. The molecule has 0 atom stereocenters. The van der Waals surface area contributed by atoms with Gasteiger partial charge in [0.2, 0.25) is 0 Å². The second kappa shape index (κ2) is 6.58. The van der Waals surface area contributed by atoms with Crippen LogP contribution < -0.4 is 5.32 Å². The molecule has 2 rings (SSSR count). The van der Waals surface area contributed by atoms with Gasteiger partial charge in [-0.2, -0.15) is 5.10 Å². The van der Waals surface area contributed by atoms with Gasteiger partial charge in [-0.15, -0.1) is 0 Å². The first-order valence-electron chi connectivity index (χ1n) is 7.31. The molecule has 21 heavy (non-hydrogen) atoms. The monoisotopic (exact) mass is 309 g/mol. The van der Waals surface area contributed by atoms with Gasteiger partial charge in [-0.25, -0.2) is 8.42 Å². The highest BCUT2D eigenvalue weighted by Gasteiger charge is 2.13. The van der Waals surface area contributed by atoms with Crippen LogP contribution in [0.15, 0.2) is 24.3 Å². The van der Waals surface area contributed by atoms with Crippen LogP contribution >= 0.6 is 0 Å². The molecule has 5 nitrogen and oxygen atoms in total. The second-order valence-corrected chi connectivity index (χ2v) is 7.93. The van der Waals surface area contributed by atoms with Gasteiger partial charge in [0.05, 0.1) is 23.5 Å². The third-order valence-electron chi connectivity index (χ3n) is 3.47. The summed E-state index contributed by atoms with van der Waals surface area (Å²) < 4.78 is 25.2. The molecule has 0 amide bonds. The Morgan fingerprint density at radius 1 is 1.29 bits per heavy atom. The highest BCUT2D eigenvalue weighted by molar-refractivity contribution is 7.91. The number of rotatable bonds is 7. The number of aryl methyl sites for hydroxylation is 1. The number of fused-ring (bicyclic) bond motifs is 1. The Morgan fingerprint density at radius 2 is 2.00 bits per heavy atom. The van der Waals surface area contributed by atoms with Crippen LogP contribution in [0.25, 0.3) is 10.9 Å². The Hall–Kier alpha value is -1.40. The van der Waals surface area contributed by atoms with Crippen molar-refractivity contribution in [3.05, 3.63) is 30.0 Å². The van der Waals surface area contributed by atoms with Crippen molar-refractivity contribution in [3.8, 4) is 0 Å². The standard InChI is InChI=1S/C15H23N3O2S/c1-4-21(19,20)10-9-18-15-8-6-5-7-13(15)14(17-18)11-16-12(2)3/h5-8,12,16H,4,9-11H2,1-3H3. The Morgan fingerprint density at radius 3 is 2.67 bits per heavy atom. The molecular weight excluding hydrogens is 286 g/mol. The molecule has 0 aliphatic heterocycles. The van der Waals surface area contributed by atoms with Crippen LogP contribution in [-0.2, 0) is 22.9 Å². The zero-order chi connectivity index (χ0) is 15.5. The van der Waals surface area contributed by atoms with Crippen molar-refractivity contribution >= 4 is 20.7 Å². The molecule has 1 aromatic carbocycles. The fraction of sp³-hybridized carbons (Fsp3) is 0.533. The van der Waals surface area contributed by atoms with Crippen LogP contribution in [-0.4, -0.2) is 35.7 Å². The van der Waals surface area contributed by atoms with Gasteiger partial charge in [0.25, 0.3) is 0 Å². The molecule has 1 aromatic heterocycles. The van der Waals surface area contributed by atoms with E-state index in [9.17, 15) is 8.42 Å². The Bertz CT molecular complexity index is 705. The molecule has 0 aliphatic carbocycles. The molecule has 116 valence electrons. The predicted octanol–water partition coefficient (Wildman–Crippen LogP) is 1.97. The van der Waals surface area contributed by atoms with Crippen molar-refractivity contribution in [2.24, 2.45) is 0 Å². The third-order valence-corrected chi connectivity index (χ3v) is 5.15. The summed E-state index contributed by atoms with van der Waals surface area (Å²) >= 11 is 0. The average molecular weight is 309 g/mol. The number of hydrogen-bond donors (Lipinski definition) is 1. The number of benzene rings is 1. The van der Waals surface area contributed by atoms with E-state index in [2.05, 4.69) is 24.3 Å². The molecule has 0 spiro atoms. The van der Waals surface area contributed by atoms with Gasteiger partial charge in [-0.05, 0) is 6.07 Å². The van der Waals surface area contributed by atoms with E-state index < -0.39 is 9.84 Å². The van der Waals surface area contributed by atoms with Gasteiger partial charge < -0.3 is 5.32 Å². The van der Waals surface area contributed by atoms with E-state index in [4.69, 9.17) is 0 Å². The third kappa shape index (κ3) is 4.04. The minimum absolute atomic E-state index is 0.131. The van der Waals surface area contributed by atoms with Crippen molar-refractivity contribution in [2.45, 2.75) is 39.9 Å². The van der Waals surface area contributed by atoms with Gasteiger partial charge in [0, 0.05) is 23.7 Å². The molecule has 0 unspecified atom stereocenters. The van der Waals surface area contributed by atoms with Crippen molar-refractivity contribution in [1.82, 2.24) is 15.1 Å². The fourth-order valence-electron chi connectivity index (χ4n) is 2.17. The van der Waals surface area contributed by atoms with Gasteiger partial charge >= 0.3 is 0 Å². The highest BCUT2D eigenvalue weighted by atomic mass is 32.2. The molecule has 0 fully saturated rings. The lowest BCUT2D eigenvalue weighted by molar-refractivity contribution is 0.565. The first kappa shape index (κ1) is 16.0. The summed E-state index contributed by atoms with van der Waals surface area (Å²) in [6, 6.07) is 8.34. The molecule has 1 N–H and O–H groups in total. The van der Waals surface area contributed by atoms with E-state index in [1.807, 2.05) is 24.3 Å². The van der Waals surface area contributed by atoms with Crippen molar-refractivity contribution in [1.29, 1.82) is 0 Å². The first-order valence-corrected chi connectivity index (χ1v) is 9.13. The normalized spacial score (nSPS) is 12.4. The molecule has 0 bridgehead atoms. The Balaban J connectivity index is 2.27. The van der Waals surface area contributed by atoms with Crippen molar-refractivity contribution in [3.63, 3.8) is 0 Å². The Kier molecular flexibility index (Phi) is 5.00. The smallest absolute Gasteiger partial charge is 0.151 e. The maximum atomic E-state index is 11.7. The lowest BCUT2D eigenvalue weighted by atomic mass is 10.2. The summed E-state index contributed by atoms with van der Waals surface area (Å²) in [6.07, 6.45) is 0.